The van der Waals surface area contributed by atoms with Crippen molar-refractivity contribution >= 4 is 6.03 Å². The molecular formula is C22H32N4O2. The molecule has 1 aliphatic rings. The van der Waals surface area contributed by atoms with Gasteiger partial charge in [-0.3, -0.25) is 4.90 Å². The first kappa shape index (κ1) is 20.4. The summed E-state index contributed by atoms with van der Waals surface area (Å²) in [5, 5.41) is 5.86. The van der Waals surface area contributed by atoms with Crippen LogP contribution in [0.1, 0.15) is 36.5 Å². The van der Waals surface area contributed by atoms with Gasteiger partial charge >= 0.3 is 6.03 Å². The Morgan fingerprint density at radius 2 is 1.79 bits per heavy atom. The quantitative estimate of drug-likeness (QED) is 0.687. The fourth-order valence-corrected chi connectivity index (χ4v) is 3.52. The van der Waals surface area contributed by atoms with Crippen LogP contribution in [0, 0.1) is 6.92 Å². The second-order valence-corrected chi connectivity index (χ2v) is 7.53. The van der Waals surface area contributed by atoms with Crippen molar-refractivity contribution in [3.8, 4) is 0 Å². The molecule has 0 radical (unpaired) electrons. The fourth-order valence-electron chi connectivity index (χ4n) is 3.52. The largest absolute Gasteiger partial charge is 0.464 e. The molecule has 6 nitrogen and oxygen atoms in total. The number of carbonyl (C=O) groups is 1. The normalized spacial score (nSPS) is 16.6. The smallest absolute Gasteiger partial charge is 0.315 e. The average Bonchev–Trinajstić information content (AvgIpc) is 3.14. The van der Waals surface area contributed by atoms with Crippen LogP contribution in [0.2, 0.25) is 0 Å². The molecule has 0 aliphatic carbocycles. The first-order valence-electron chi connectivity index (χ1n) is 10.2. The standard InChI is InChI=1S/C22H32N4O2/c1-18-9-10-21(28-18)19(2)24-22(27)23-11-6-12-25-13-15-26(16-14-25)17-20-7-4-3-5-8-20/h3-5,7-10,19H,6,11-17H2,1-2H3,(H2,23,24,27). The lowest BCUT2D eigenvalue weighted by Gasteiger charge is -2.34. The third-order valence-electron chi connectivity index (χ3n) is 5.19. The lowest BCUT2D eigenvalue weighted by atomic mass is 10.2. The molecule has 152 valence electrons. The predicted molar refractivity (Wildman–Crippen MR) is 111 cm³/mol. The number of furan rings is 1. The molecule has 3 rings (SSSR count). The molecular weight excluding hydrogens is 352 g/mol. The number of benzene rings is 1. The van der Waals surface area contributed by atoms with Crippen LogP contribution in [0.3, 0.4) is 0 Å². The maximum Gasteiger partial charge on any atom is 0.315 e. The highest BCUT2D eigenvalue weighted by atomic mass is 16.3. The van der Waals surface area contributed by atoms with Crippen LogP contribution in [0.5, 0.6) is 0 Å². The van der Waals surface area contributed by atoms with Gasteiger partial charge in [-0.2, -0.15) is 0 Å². The van der Waals surface area contributed by atoms with Crippen LogP contribution in [0.15, 0.2) is 46.9 Å². The van der Waals surface area contributed by atoms with E-state index in [0.29, 0.717) is 6.54 Å². The fraction of sp³-hybridized carbons (Fsp3) is 0.500. The molecule has 2 heterocycles. The zero-order valence-corrected chi connectivity index (χ0v) is 17.0. The van der Waals surface area contributed by atoms with Crippen molar-refractivity contribution in [1.29, 1.82) is 0 Å². The summed E-state index contributed by atoms with van der Waals surface area (Å²) in [6.45, 7) is 10.9. The van der Waals surface area contributed by atoms with E-state index in [9.17, 15) is 4.79 Å². The maximum absolute atomic E-state index is 12.0. The third-order valence-corrected chi connectivity index (χ3v) is 5.19. The van der Waals surface area contributed by atoms with E-state index in [2.05, 4.69) is 50.8 Å². The van der Waals surface area contributed by atoms with Gasteiger partial charge in [0.15, 0.2) is 0 Å². The van der Waals surface area contributed by atoms with E-state index in [4.69, 9.17) is 4.42 Å². The molecule has 0 spiro atoms. The van der Waals surface area contributed by atoms with E-state index in [0.717, 1.165) is 57.2 Å². The molecule has 2 aromatic rings. The van der Waals surface area contributed by atoms with Crippen molar-refractivity contribution in [2.75, 3.05) is 39.3 Å². The van der Waals surface area contributed by atoms with Gasteiger partial charge in [0.25, 0.3) is 0 Å². The van der Waals surface area contributed by atoms with Crippen molar-refractivity contribution in [3.63, 3.8) is 0 Å². The number of carbonyl (C=O) groups excluding carboxylic acids is 1. The molecule has 0 bridgehead atoms. The number of nitrogens with zero attached hydrogens (tertiary/aromatic N) is 2. The van der Waals surface area contributed by atoms with E-state index in [1.165, 1.54) is 5.56 Å². The number of rotatable bonds is 8. The number of urea groups is 1. The Morgan fingerprint density at radius 1 is 1.07 bits per heavy atom. The number of nitrogens with one attached hydrogen (secondary N) is 2. The van der Waals surface area contributed by atoms with E-state index >= 15 is 0 Å². The summed E-state index contributed by atoms with van der Waals surface area (Å²) in [5.41, 5.74) is 1.38. The third kappa shape index (κ3) is 6.39. The Morgan fingerprint density at radius 3 is 2.46 bits per heavy atom. The van der Waals surface area contributed by atoms with Gasteiger partial charge < -0.3 is 20.0 Å². The van der Waals surface area contributed by atoms with Gasteiger partial charge in [-0.05, 0) is 44.5 Å². The molecule has 1 aromatic carbocycles. The average molecular weight is 385 g/mol. The highest BCUT2D eigenvalue weighted by Gasteiger charge is 2.17. The minimum absolute atomic E-state index is 0.133. The summed E-state index contributed by atoms with van der Waals surface area (Å²) in [6, 6.07) is 14.2. The number of aryl methyl sites for hydroxylation is 1. The maximum atomic E-state index is 12.0. The highest BCUT2D eigenvalue weighted by molar-refractivity contribution is 5.74. The van der Waals surface area contributed by atoms with Crippen LogP contribution in [0.4, 0.5) is 4.79 Å². The van der Waals surface area contributed by atoms with Gasteiger partial charge in [0, 0.05) is 39.3 Å². The molecule has 2 amide bonds. The molecule has 1 fully saturated rings. The van der Waals surface area contributed by atoms with Gasteiger partial charge in [0.2, 0.25) is 0 Å². The molecule has 28 heavy (non-hydrogen) atoms. The summed E-state index contributed by atoms with van der Waals surface area (Å²) in [7, 11) is 0. The Bertz CT molecular complexity index is 723. The van der Waals surface area contributed by atoms with Crippen LogP contribution >= 0.6 is 0 Å². The summed E-state index contributed by atoms with van der Waals surface area (Å²) in [5.74, 6) is 1.63. The topological polar surface area (TPSA) is 60.8 Å². The van der Waals surface area contributed by atoms with Crippen molar-refractivity contribution in [2.45, 2.75) is 32.9 Å². The molecule has 1 atom stereocenters. The minimum atomic E-state index is -0.144. The summed E-state index contributed by atoms with van der Waals surface area (Å²) in [6.07, 6.45) is 0.959. The molecule has 1 aliphatic heterocycles. The summed E-state index contributed by atoms with van der Waals surface area (Å²) in [4.78, 5) is 17.0. The number of hydrogen-bond donors (Lipinski definition) is 2. The van der Waals surface area contributed by atoms with Gasteiger partial charge in [0.05, 0.1) is 6.04 Å². The lowest BCUT2D eigenvalue weighted by molar-refractivity contribution is 0.126. The minimum Gasteiger partial charge on any atom is -0.464 e. The van der Waals surface area contributed by atoms with Crippen LogP contribution in [-0.4, -0.2) is 55.1 Å². The van der Waals surface area contributed by atoms with Crippen molar-refractivity contribution < 1.29 is 9.21 Å². The SMILES string of the molecule is Cc1ccc(C(C)NC(=O)NCCCN2CCN(Cc3ccccc3)CC2)o1. The Labute approximate surface area is 167 Å². The second kappa shape index (κ2) is 10.3. The zero-order chi connectivity index (χ0) is 19.8. The van der Waals surface area contributed by atoms with E-state index in [-0.39, 0.29) is 12.1 Å². The first-order chi connectivity index (χ1) is 13.6. The molecule has 2 N–H and O–H groups in total. The van der Waals surface area contributed by atoms with Crippen LogP contribution < -0.4 is 10.6 Å². The highest BCUT2D eigenvalue weighted by Crippen LogP contribution is 2.15. The van der Waals surface area contributed by atoms with E-state index in [1.807, 2.05) is 26.0 Å². The molecule has 0 saturated carbocycles. The van der Waals surface area contributed by atoms with Gasteiger partial charge in [-0.25, -0.2) is 4.79 Å². The Kier molecular flexibility index (Phi) is 7.51. The van der Waals surface area contributed by atoms with Gasteiger partial charge in [-0.15, -0.1) is 0 Å². The van der Waals surface area contributed by atoms with E-state index in [1.54, 1.807) is 0 Å². The van der Waals surface area contributed by atoms with Crippen molar-refractivity contribution in [3.05, 3.63) is 59.5 Å². The van der Waals surface area contributed by atoms with E-state index < -0.39 is 0 Å². The predicted octanol–water partition coefficient (Wildman–Crippen LogP) is 3.16. The summed E-state index contributed by atoms with van der Waals surface area (Å²) < 4.78 is 5.54. The van der Waals surface area contributed by atoms with Crippen molar-refractivity contribution in [2.24, 2.45) is 0 Å². The monoisotopic (exact) mass is 384 g/mol. The van der Waals surface area contributed by atoms with Gasteiger partial charge in [-0.1, -0.05) is 30.3 Å². The summed E-state index contributed by atoms with van der Waals surface area (Å²) >= 11 is 0. The van der Waals surface area contributed by atoms with Gasteiger partial charge in [0.1, 0.15) is 11.5 Å². The molecule has 1 saturated heterocycles. The number of hydrogen-bond acceptors (Lipinski definition) is 4. The Hall–Kier alpha value is -2.31. The number of amides is 2. The lowest BCUT2D eigenvalue weighted by Crippen LogP contribution is -2.46. The molecule has 1 unspecified atom stereocenters. The zero-order valence-electron chi connectivity index (χ0n) is 17.0. The number of piperazine rings is 1. The van der Waals surface area contributed by atoms with Crippen LogP contribution in [0.25, 0.3) is 0 Å². The Balaban J connectivity index is 1.26. The second-order valence-electron chi connectivity index (χ2n) is 7.53. The molecule has 6 heteroatoms. The van der Waals surface area contributed by atoms with Crippen LogP contribution in [-0.2, 0) is 6.54 Å². The molecule has 1 aromatic heterocycles. The van der Waals surface area contributed by atoms with Crippen molar-refractivity contribution in [1.82, 2.24) is 20.4 Å². The first-order valence-corrected chi connectivity index (χ1v) is 10.2.